The van der Waals surface area contributed by atoms with Crippen molar-refractivity contribution in [3.05, 3.63) is 102 Å². The fourth-order valence-corrected chi connectivity index (χ4v) is 3.35. The molecule has 0 saturated carbocycles. The van der Waals surface area contributed by atoms with Crippen LogP contribution in [0.15, 0.2) is 90.4 Å². The van der Waals surface area contributed by atoms with E-state index in [4.69, 9.17) is 4.74 Å². The molecular weight excluding hydrogens is 368 g/mol. The molecule has 0 saturated heterocycles. The lowest BCUT2D eigenvalue weighted by Gasteiger charge is -2.08. The zero-order valence-corrected chi connectivity index (χ0v) is 15.9. The third-order valence-corrected chi connectivity index (χ3v) is 5.01. The molecule has 28 heavy (non-hydrogen) atoms. The van der Waals surface area contributed by atoms with E-state index in [0.717, 1.165) is 27.6 Å². The minimum absolute atomic E-state index is 0.141. The highest BCUT2D eigenvalue weighted by molar-refractivity contribution is 7.13. The highest BCUT2D eigenvalue weighted by Crippen LogP contribution is 2.23. The Morgan fingerprint density at radius 1 is 0.929 bits per heavy atom. The van der Waals surface area contributed by atoms with Gasteiger partial charge in [0.05, 0.1) is 0 Å². The molecule has 5 heteroatoms. The summed E-state index contributed by atoms with van der Waals surface area (Å²) in [7, 11) is 0. The van der Waals surface area contributed by atoms with Gasteiger partial charge in [-0.15, -0.1) is 11.3 Å². The zero-order valence-electron chi connectivity index (χ0n) is 15.0. The third kappa shape index (κ3) is 4.45. The van der Waals surface area contributed by atoms with Crippen molar-refractivity contribution in [2.24, 2.45) is 0 Å². The number of carbonyl (C=O) groups excluding carboxylic acids is 1. The van der Waals surface area contributed by atoms with Gasteiger partial charge in [-0.1, -0.05) is 30.3 Å². The number of hydrogen-bond acceptors (Lipinski definition) is 4. The van der Waals surface area contributed by atoms with Crippen molar-refractivity contribution in [3.63, 3.8) is 0 Å². The number of nitrogens with one attached hydrogen (secondary N) is 1. The van der Waals surface area contributed by atoms with Gasteiger partial charge in [-0.3, -0.25) is 4.79 Å². The number of anilines is 1. The van der Waals surface area contributed by atoms with E-state index >= 15 is 0 Å². The molecule has 0 aliphatic rings. The molecule has 0 aliphatic heterocycles. The molecule has 1 heterocycles. The van der Waals surface area contributed by atoms with Crippen LogP contribution in [-0.4, -0.2) is 10.9 Å². The standard InChI is InChI=1S/C23H18N2O2S/c26-22(25-20-12-10-19(11-13-20)23-24-14-15-28-23)18-8-6-17(7-9-18)16-27-21-4-2-1-3-5-21/h1-15H,16H2,(H,25,26). The molecule has 0 bridgehead atoms. The van der Waals surface area contributed by atoms with Gasteiger partial charge in [0.2, 0.25) is 0 Å². The van der Waals surface area contributed by atoms with Crippen LogP contribution < -0.4 is 10.1 Å². The predicted octanol–water partition coefficient (Wildman–Crippen LogP) is 5.64. The summed E-state index contributed by atoms with van der Waals surface area (Å²) in [6.45, 7) is 0.462. The molecule has 4 aromatic rings. The van der Waals surface area contributed by atoms with Crippen molar-refractivity contribution in [2.45, 2.75) is 6.61 Å². The lowest BCUT2D eigenvalue weighted by molar-refractivity contribution is 0.102. The molecule has 1 amide bonds. The van der Waals surface area contributed by atoms with E-state index < -0.39 is 0 Å². The Kier molecular flexibility index (Phi) is 5.45. The van der Waals surface area contributed by atoms with Crippen LogP contribution in [0.2, 0.25) is 0 Å². The minimum Gasteiger partial charge on any atom is -0.489 e. The molecule has 3 aromatic carbocycles. The van der Waals surface area contributed by atoms with Gasteiger partial charge < -0.3 is 10.1 Å². The van der Waals surface area contributed by atoms with Crippen molar-refractivity contribution in [1.82, 2.24) is 4.98 Å². The van der Waals surface area contributed by atoms with Crippen LogP contribution in [0.3, 0.4) is 0 Å². The smallest absolute Gasteiger partial charge is 0.255 e. The summed E-state index contributed by atoms with van der Waals surface area (Å²) in [4.78, 5) is 16.8. The van der Waals surface area contributed by atoms with E-state index in [2.05, 4.69) is 10.3 Å². The Balaban J connectivity index is 1.35. The summed E-state index contributed by atoms with van der Waals surface area (Å²) in [6.07, 6.45) is 1.78. The Morgan fingerprint density at radius 2 is 1.68 bits per heavy atom. The van der Waals surface area contributed by atoms with E-state index in [-0.39, 0.29) is 5.91 Å². The zero-order chi connectivity index (χ0) is 19.2. The highest BCUT2D eigenvalue weighted by Gasteiger charge is 2.07. The summed E-state index contributed by atoms with van der Waals surface area (Å²) in [6, 6.07) is 24.8. The fourth-order valence-electron chi connectivity index (χ4n) is 2.70. The number of hydrogen-bond donors (Lipinski definition) is 1. The van der Waals surface area contributed by atoms with E-state index in [1.54, 1.807) is 17.5 Å². The molecule has 0 unspecified atom stereocenters. The van der Waals surface area contributed by atoms with Gasteiger partial charge in [0.1, 0.15) is 17.4 Å². The van der Waals surface area contributed by atoms with Gasteiger partial charge in [0, 0.05) is 28.4 Å². The first-order chi connectivity index (χ1) is 13.8. The fraction of sp³-hybridized carbons (Fsp3) is 0.0435. The van der Waals surface area contributed by atoms with Gasteiger partial charge >= 0.3 is 0 Å². The second kappa shape index (κ2) is 8.50. The Labute approximate surface area is 167 Å². The number of aromatic nitrogens is 1. The van der Waals surface area contributed by atoms with Crippen LogP contribution in [0.1, 0.15) is 15.9 Å². The number of benzene rings is 3. The van der Waals surface area contributed by atoms with Gasteiger partial charge in [0.15, 0.2) is 0 Å². The molecule has 4 nitrogen and oxygen atoms in total. The molecular formula is C23H18N2O2S. The number of carbonyl (C=O) groups is 1. The molecule has 0 atom stereocenters. The quantitative estimate of drug-likeness (QED) is 0.466. The number of thiazole rings is 1. The number of amides is 1. The van der Waals surface area contributed by atoms with Crippen LogP contribution in [0.25, 0.3) is 10.6 Å². The lowest BCUT2D eigenvalue weighted by Crippen LogP contribution is -2.11. The van der Waals surface area contributed by atoms with E-state index in [9.17, 15) is 4.79 Å². The van der Waals surface area contributed by atoms with Crippen molar-refractivity contribution in [2.75, 3.05) is 5.32 Å². The Morgan fingerprint density at radius 3 is 2.36 bits per heavy atom. The van der Waals surface area contributed by atoms with E-state index in [1.807, 2.05) is 84.2 Å². The summed E-state index contributed by atoms with van der Waals surface area (Å²) >= 11 is 1.59. The average molecular weight is 386 g/mol. The topological polar surface area (TPSA) is 51.2 Å². The van der Waals surface area contributed by atoms with Crippen molar-refractivity contribution >= 4 is 22.9 Å². The van der Waals surface area contributed by atoms with Gasteiger partial charge in [-0.25, -0.2) is 4.98 Å². The lowest BCUT2D eigenvalue weighted by atomic mass is 10.1. The minimum atomic E-state index is -0.141. The third-order valence-electron chi connectivity index (χ3n) is 4.19. The maximum absolute atomic E-state index is 12.5. The maximum Gasteiger partial charge on any atom is 0.255 e. The van der Waals surface area contributed by atoms with Crippen LogP contribution in [0.4, 0.5) is 5.69 Å². The van der Waals surface area contributed by atoms with Gasteiger partial charge in [-0.05, 0) is 54.1 Å². The largest absolute Gasteiger partial charge is 0.489 e. The SMILES string of the molecule is O=C(Nc1ccc(-c2nccs2)cc1)c1ccc(COc2ccccc2)cc1. The second-order valence-corrected chi connectivity index (χ2v) is 7.06. The number of para-hydroxylation sites is 1. The number of rotatable bonds is 6. The molecule has 0 radical (unpaired) electrons. The summed E-state index contributed by atoms with van der Waals surface area (Å²) in [5.74, 6) is 0.683. The summed E-state index contributed by atoms with van der Waals surface area (Å²) in [5, 5.41) is 5.83. The predicted molar refractivity (Wildman–Crippen MR) is 113 cm³/mol. The van der Waals surface area contributed by atoms with Gasteiger partial charge in [0.25, 0.3) is 5.91 Å². The van der Waals surface area contributed by atoms with Crippen LogP contribution in [0, 0.1) is 0 Å². The molecule has 1 aromatic heterocycles. The average Bonchev–Trinajstić information content (AvgIpc) is 3.29. The van der Waals surface area contributed by atoms with E-state index in [1.165, 1.54) is 0 Å². The van der Waals surface area contributed by atoms with E-state index in [0.29, 0.717) is 12.2 Å². The maximum atomic E-state index is 12.5. The van der Waals surface area contributed by atoms with Crippen LogP contribution >= 0.6 is 11.3 Å². The van der Waals surface area contributed by atoms with Crippen molar-refractivity contribution < 1.29 is 9.53 Å². The van der Waals surface area contributed by atoms with Crippen molar-refractivity contribution in [1.29, 1.82) is 0 Å². The molecule has 0 fully saturated rings. The van der Waals surface area contributed by atoms with Gasteiger partial charge in [-0.2, -0.15) is 0 Å². The molecule has 1 N–H and O–H groups in total. The molecule has 0 aliphatic carbocycles. The van der Waals surface area contributed by atoms with Crippen LogP contribution in [0.5, 0.6) is 5.75 Å². The molecule has 0 spiro atoms. The highest BCUT2D eigenvalue weighted by atomic mass is 32.1. The monoisotopic (exact) mass is 386 g/mol. The number of ether oxygens (including phenoxy) is 1. The normalized spacial score (nSPS) is 10.4. The van der Waals surface area contributed by atoms with Crippen LogP contribution in [-0.2, 0) is 6.61 Å². The Bertz CT molecular complexity index is 1030. The first-order valence-electron chi connectivity index (χ1n) is 8.86. The first kappa shape index (κ1) is 17.9. The number of nitrogens with zero attached hydrogens (tertiary/aromatic N) is 1. The Hall–Kier alpha value is -3.44. The van der Waals surface area contributed by atoms with Crippen molar-refractivity contribution in [3.8, 4) is 16.3 Å². The summed E-state index contributed by atoms with van der Waals surface area (Å²) in [5.41, 5.74) is 3.40. The summed E-state index contributed by atoms with van der Waals surface area (Å²) < 4.78 is 5.73. The first-order valence-corrected chi connectivity index (χ1v) is 9.74. The molecule has 138 valence electrons. The molecule has 4 rings (SSSR count). The second-order valence-electron chi connectivity index (χ2n) is 6.17.